The van der Waals surface area contributed by atoms with Crippen molar-refractivity contribution in [3.8, 4) is 5.75 Å². The third kappa shape index (κ3) is 6.17. The molecule has 0 bridgehead atoms. The SMILES string of the molecule is COC(=O)c1ccccc1NC(=O)CNC1CCN(C[C@@H](O)c2ccnc3ccc(OC)cc23)CC1. The topological polar surface area (TPSA) is 113 Å². The second-order valence-corrected chi connectivity index (χ2v) is 8.84. The van der Waals surface area contributed by atoms with Gasteiger partial charge in [0, 0.05) is 24.2 Å². The van der Waals surface area contributed by atoms with E-state index in [9.17, 15) is 14.7 Å². The van der Waals surface area contributed by atoms with Crippen LogP contribution in [0, 0.1) is 0 Å². The van der Waals surface area contributed by atoms with Gasteiger partial charge in [0.05, 0.1) is 43.6 Å². The fourth-order valence-electron chi connectivity index (χ4n) is 4.54. The Morgan fingerprint density at radius 2 is 1.92 bits per heavy atom. The highest BCUT2D eigenvalue weighted by molar-refractivity contribution is 6.01. The number of nitrogens with one attached hydrogen (secondary N) is 2. The first-order valence-electron chi connectivity index (χ1n) is 12.0. The third-order valence-corrected chi connectivity index (χ3v) is 6.52. The molecule has 1 atom stereocenters. The number of anilines is 1. The average molecular weight is 493 g/mol. The first kappa shape index (κ1) is 25.6. The highest BCUT2D eigenvalue weighted by atomic mass is 16.5. The van der Waals surface area contributed by atoms with E-state index in [1.807, 2.05) is 24.3 Å². The molecule has 2 aromatic carbocycles. The van der Waals surface area contributed by atoms with Crippen LogP contribution in [0.1, 0.15) is 34.9 Å². The fraction of sp³-hybridized carbons (Fsp3) is 0.370. The minimum atomic E-state index is -0.646. The molecule has 1 aliphatic heterocycles. The lowest BCUT2D eigenvalue weighted by molar-refractivity contribution is -0.115. The first-order valence-corrected chi connectivity index (χ1v) is 12.0. The average Bonchev–Trinajstić information content (AvgIpc) is 2.91. The maximum absolute atomic E-state index is 12.5. The number of likely N-dealkylation sites (tertiary alicyclic amines) is 1. The molecule has 2 heterocycles. The number of nitrogens with zero attached hydrogens (tertiary/aromatic N) is 2. The number of rotatable bonds is 9. The van der Waals surface area contributed by atoms with Crippen molar-refractivity contribution in [1.82, 2.24) is 15.2 Å². The Morgan fingerprint density at radius 3 is 2.67 bits per heavy atom. The Kier molecular flexibility index (Phi) is 8.48. The zero-order valence-corrected chi connectivity index (χ0v) is 20.6. The number of aliphatic hydroxyl groups is 1. The molecule has 0 spiro atoms. The number of carbonyl (C=O) groups excluding carboxylic acids is 2. The maximum atomic E-state index is 12.5. The summed E-state index contributed by atoms with van der Waals surface area (Å²) in [6.07, 6.45) is 2.80. The lowest BCUT2D eigenvalue weighted by Crippen LogP contribution is -2.45. The molecule has 1 fully saturated rings. The van der Waals surface area contributed by atoms with Crippen LogP contribution in [0.15, 0.2) is 54.7 Å². The molecule has 1 aliphatic rings. The number of methoxy groups -OCH3 is 2. The molecule has 190 valence electrons. The van der Waals surface area contributed by atoms with Crippen molar-refractivity contribution >= 4 is 28.5 Å². The molecule has 3 aromatic rings. The number of piperidine rings is 1. The molecule has 1 aromatic heterocycles. The van der Waals surface area contributed by atoms with Gasteiger partial charge in [-0.25, -0.2) is 4.79 Å². The highest BCUT2D eigenvalue weighted by Gasteiger charge is 2.23. The van der Waals surface area contributed by atoms with E-state index in [1.54, 1.807) is 37.6 Å². The van der Waals surface area contributed by atoms with Gasteiger partial charge < -0.3 is 30.1 Å². The van der Waals surface area contributed by atoms with Gasteiger partial charge in [-0.2, -0.15) is 0 Å². The predicted octanol–water partition coefficient (Wildman–Crippen LogP) is 2.76. The number of hydrogen-bond donors (Lipinski definition) is 3. The molecule has 0 radical (unpaired) electrons. The number of para-hydroxylation sites is 1. The molecule has 0 aliphatic carbocycles. The summed E-state index contributed by atoms with van der Waals surface area (Å²) >= 11 is 0. The summed E-state index contributed by atoms with van der Waals surface area (Å²) in [4.78, 5) is 31.0. The summed E-state index contributed by atoms with van der Waals surface area (Å²) in [5.41, 5.74) is 2.41. The van der Waals surface area contributed by atoms with Crippen LogP contribution in [0.3, 0.4) is 0 Å². The van der Waals surface area contributed by atoms with E-state index in [2.05, 4.69) is 20.5 Å². The maximum Gasteiger partial charge on any atom is 0.339 e. The van der Waals surface area contributed by atoms with Crippen LogP contribution in [-0.4, -0.2) is 73.3 Å². The fourth-order valence-corrected chi connectivity index (χ4v) is 4.54. The lowest BCUT2D eigenvalue weighted by atomic mass is 10.0. The predicted molar refractivity (Wildman–Crippen MR) is 137 cm³/mol. The molecule has 4 rings (SSSR count). The van der Waals surface area contributed by atoms with Gasteiger partial charge in [0.1, 0.15) is 5.75 Å². The van der Waals surface area contributed by atoms with Gasteiger partial charge in [0.15, 0.2) is 0 Å². The van der Waals surface area contributed by atoms with Crippen LogP contribution in [0.25, 0.3) is 10.9 Å². The van der Waals surface area contributed by atoms with E-state index in [0.717, 1.165) is 48.1 Å². The number of ether oxygens (including phenoxy) is 2. The number of aromatic nitrogens is 1. The molecule has 1 amide bonds. The van der Waals surface area contributed by atoms with Gasteiger partial charge in [-0.15, -0.1) is 0 Å². The number of esters is 1. The number of hydrogen-bond acceptors (Lipinski definition) is 8. The number of aliphatic hydroxyl groups excluding tert-OH is 1. The molecule has 9 heteroatoms. The Morgan fingerprint density at radius 1 is 1.14 bits per heavy atom. The van der Waals surface area contributed by atoms with Crippen molar-refractivity contribution in [2.75, 3.05) is 45.7 Å². The second-order valence-electron chi connectivity index (χ2n) is 8.84. The van der Waals surface area contributed by atoms with Crippen molar-refractivity contribution in [2.45, 2.75) is 25.0 Å². The Labute approximate surface area is 210 Å². The zero-order valence-electron chi connectivity index (χ0n) is 20.6. The third-order valence-electron chi connectivity index (χ3n) is 6.52. The summed E-state index contributed by atoms with van der Waals surface area (Å²) in [5, 5.41) is 18.0. The summed E-state index contributed by atoms with van der Waals surface area (Å²) < 4.78 is 10.1. The molecule has 0 unspecified atom stereocenters. The molecule has 0 saturated carbocycles. The van der Waals surface area contributed by atoms with Gasteiger partial charge in [-0.05, 0) is 67.9 Å². The molecular weight excluding hydrogens is 460 g/mol. The Balaban J connectivity index is 1.26. The summed E-state index contributed by atoms with van der Waals surface area (Å²) in [6, 6.07) is 14.5. The molecular formula is C27H32N4O5. The van der Waals surface area contributed by atoms with Gasteiger partial charge in [0.25, 0.3) is 0 Å². The van der Waals surface area contributed by atoms with Crippen LogP contribution >= 0.6 is 0 Å². The second kappa shape index (κ2) is 11.9. The zero-order chi connectivity index (χ0) is 25.5. The number of amides is 1. The van der Waals surface area contributed by atoms with Crippen molar-refractivity contribution < 1.29 is 24.2 Å². The van der Waals surface area contributed by atoms with Gasteiger partial charge in [0.2, 0.25) is 5.91 Å². The minimum Gasteiger partial charge on any atom is -0.497 e. The van der Waals surface area contributed by atoms with E-state index in [4.69, 9.17) is 9.47 Å². The normalized spacial score (nSPS) is 15.4. The van der Waals surface area contributed by atoms with E-state index in [-0.39, 0.29) is 18.5 Å². The van der Waals surface area contributed by atoms with Crippen molar-refractivity contribution in [1.29, 1.82) is 0 Å². The van der Waals surface area contributed by atoms with Crippen LogP contribution in [-0.2, 0) is 9.53 Å². The quantitative estimate of drug-likeness (QED) is 0.391. The smallest absolute Gasteiger partial charge is 0.339 e. The van der Waals surface area contributed by atoms with E-state index in [0.29, 0.717) is 17.8 Å². The van der Waals surface area contributed by atoms with Crippen LogP contribution in [0.5, 0.6) is 5.75 Å². The summed E-state index contributed by atoms with van der Waals surface area (Å²) in [7, 11) is 2.93. The van der Waals surface area contributed by atoms with E-state index < -0.39 is 12.1 Å². The number of benzene rings is 2. The van der Waals surface area contributed by atoms with Gasteiger partial charge in [-0.1, -0.05) is 12.1 Å². The number of carbonyl (C=O) groups is 2. The van der Waals surface area contributed by atoms with Crippen molar-refractivity contribution in [3.63, 3.8) is 0 Å². The van der Waals surface area contributed by atoms with Crippen molar-refractivity contribution in [3.05, 3.63) is 65.9 Å². The first-order chi connectivity index (χ1) is 17.5. The summed E-state index contributed by atoms with van der Waals surface area (Å²) in [5.74, 6) is 0.0187. The monoisotopic (exact) mass is 492 g/mol. The van der Waals surface area contributed by atoms with Crippen LogP contribution in [0.2, 0.25) is 0 Å². The number of fused-ring (bicyclic) bond motifs is 1. The number of β-amino-alcohol motifs (C(OH)–C–C–N with tert-alkyl or cyclic N) is 1. The summed E-state index contributed by atoms with van der Waals surface area (Å²) in [6.45, 7) is 2.29. The van der Waals surface area contributed by atoms with Crippen molar-refractivity contribution in [2.24, 2.45) is 0 Å². The van der Waals surface area contributed by atoms with Gasteiger partial charge >= 0.3 is 5.97 Å². The Bertz CT molecular complexity index is 1210. The van der Waals surface area contributed by atoms with Gasteiger partial charge in [-0.3, -0.25) is 9.78 Å². The number of pyridine rings is 1. The van der Waals surface area contributed by atoms with Crippen LogP contribution < -0.4 is 15.4 Å². The molecule has 1 saturated heterocycles. The molecule has 9 nitrogen and oxygen atoms in total. The lowest BCUT2D eigenvalue weighted by Gasteiger charge is -2.33. The minimum absolute atomic E-state index is 0.146. The standard InChI is InChI=1S/C27H32N4O5/c1-35-19-7-8-23-22(15-19)20(9-12-28-23)25(32)17-31-13-10-18(11-14-31)29-16-26(33)30-24-6-4-3-5-21(24)27(34)36-2/h3-9,12,15,18,25,29,32H,10-11,13-14,16-17H2,1-2H3,(H,30,33)/t25-/m1/s1. The largest absolute Gasteiger partial charge is 0.497 e. The van der Waals surface area contributed by atoms with Crippen LogP contribution in [0.4, 0.5) is 5.69 Å². The van der Waals surface area contributed by atoms with E-state index >= 15 is 0 Å². The Hall–Kier alpha value is -3.53. The molecule has 3 N–H and O–H groups in total. The van der Waals surface area contributed by atoms with E-state index in [1.165, 1.54) is 7.11 Å². The highest BCUT2D eigenvalue weighted by Crippen LogP contribution is 2.27. The molecule has 36 heavy (non-hydrogen) atoms.